The van der Waals surface area contributed by atoms with Gasteiger partial charge >= 0.3 is 0 Å². The largest absolute Gasteiger partial charge is 0.496 e. The van der Waals surface area contributed by atoms with Gasteiger partial charge in [0.1, 0.15) is 11.6 Å². The Morgan fingerprint density at radius 2 is 1.84 bits per heavy atom. The van der Waals surface area contributed by atoms with Gasteiger partial charge < -0.3 is 19.4 Å². The quantitative estimate of drug-likeness (QED) is 0.598. The van der Waals surface area contributed by atoms with E-state index in [1.54, 1.807) is 13.3 Å². The van der Waals surface area contributed by atoms with Gasteiger partial charge in [-0.3, -0.25) is 9.78 Å². The number of hydrogen-bond acceptors (Lipinski definition) is 6. The Morgan fingerprint density at radius 1 is 1.03 bits per heavy atom. The molecule has 1 aliphatic heterocycles. The number of carbonyl (C=O) groups is 1. The fraction of sp³-hybridized carbons (Fsp3) is 0.320. The lowest BCUT2D eigenvalue weighted by Gasteiger charge is -2.35. The lowest BCUT2D eigenvalue weighted by molar-refractivity contribution is 0.0746. The molecule has 0 atom stereocenters. The number of nitrogens with zero attached hydrogens (tertiary/aromatic N) is 5. The van der Waals surface area contributed by atoms with Crippen LogP contribution in [0.5, 0.6) is 5.75 Å². The molecule has 0 saturated carbocycles. The van der Waals surface area contributed by atoms with Crippen molar-refractivity contribution in [2.75, 3.05) is 52.3 Å². The highest BCUT2D eigenvalue weighted by Crippen LogP contribution is 2.30. The molecule has 1 amide bonds. The molecule has 166 valence electrons. The number of ether oxygens (including phenoxy) is 1. The van der Waals surface area contributed by atoms with Crippen molar-refractivity contribution in [3.63, 3.8) is 0 Å². The molecule has 0 radical (unpaired) electrons. The Balaban J connectivity index is 1.43. The number of aromatic nitrogens is 2. The Labute approximate surface area is 189 Å². The van der Waals surface area contributed by atoms with E-state index in [0.717, 1.165) is 36.7 Å². The highest BCUT2D eigenvalue weighted by molar-refractivity contribution is 5.96. The van der Waals surface area contributed by atoms with Gasteiger partial charge in [0, 0.05) is 56.2 Å². The van der Waals surface area contributed by atoms with E-state index in [1.807, 2.05) is 61.6 Å². The number of pyridine rings is 2. The van der Waals surface area contributed by atoms with E-state index >= 15 is 0 Å². The van der Waals surface area contributed by atoms with Gasteiger partial charge in [-0.15, -0.1) is 0 Å². The highest BCUT2D eigenvalue weighted by atomic mass is 16.5. The summed E-state index contributed by atoms with van der Waals surface area (Å²) in [6, 6.07) is 15.4. The molecule has 0 unspecified atom stereocenters. The molecule has 0 aliphatic carbocycles. The predicted octanol–water partition coefficient (Wildman–Crippen LogP) is 3.18. The minimum atomic E-state index is 0.0266. The smallest absolute Gasteiger partial charge is 0.254 e. The maximum atomic E-state index is 13.2. The molecule has 3 aromatic rings. The van der Waals surface area contributed by atoms with Gasteiger partial charge in [0.25, 0.3) is 5.91 Å². The second-order valence-corrected chi connectivity index (χ2v) is 8.17. The minimum absolute atomic E-state index is 0.0266. The fourth-order valence-electron chi connectivity index (χ4n) is 3.95. The van der Waals surface area contributed by atoms with Gasteiger partial charge in [-0.2, -0.15) is 0 Å². The summed E-state index contributed by atoms with van der Waals surface area (Å²) >= 11 is 0. The fourth-order valence-corrected chi connectivity index (χ4v) is 3.95. The topological polar surface area (TPSA) is 61.8 Å². The van der Waals surface area contributed by atoms with Gasteiger partial charge in [-0.05, 0) is 56.1 Å². The van der Waals surface area contributed by atoms with Crippen LogP contribution in [0.1, 0.15) is 15.9 Å². The number of rotatable bonds is 6. The zero-order chi connectivity index (χ0) is 22.5. The Morgan fingerprint density at radius 3 is 2.47 bits per heavy atom. The molecule has 7 heteroatoms. The first-order chi connectivity index (χ1) is 15.5. The van der Waals surface area contributed by atoms with E-state index in [4.69, 9.17) is 4.74 Å². The molecule has 7 nitrogen and oxygen atoms in total. The van der Waals surface area contributed by atoms with Crippen molar-refractivity contribution in [3.05, 3.63) is 72.1 Å². The maximum absolute atomic E-state index is 13.2. The van der Waals surface area contributed by atoms with E-state index in [1.165, 1.54) is 5.56 Å². The van der Waals surface area contributed by atoms with Crippen molar-refractivity contribution in [2.45, 2.75) is 6.54 Å². The molecule has 0 spiro atoms. The third kappa shape index (κ3) is 4.89. The van der Waals surface area contributed by atoms with E-state index in [0.29, 0.717) is 24.4 Å². The Kier molecular flexibility index (Phi) is 6.66. The van der Waals surface area contributed by atoms with Crippen LogP contribution >= 0.6 is 0 Å². The van der Waals surface area contributed by atoms with Crippen LogP contribution in [0.15, 0.2) is 60.9 Å². The molecular formula is C25H29N5O2. The van der Waals surface area contributed by atoms with Crippen LogP contribution in [-0.2, 0) is 6.54 Å². The third-order valence-corrected chi connectivity index (χ3v) is 5.59. The summed E-state index contributed by atoms with van der Waals surface area (Å²) in [5.41, 5.74) is 3.44. The summed E-state index contributed by atoms with van der Waals surface area (Å²) in [6.45, 7) is 3.71. The average Bonchev–Trinajstić information content (AvgIpc) is 2.84. The number of piperazine rings is 1. The van der Waals surface area contributed by atoms with Gasteiger partial charge in [0.2, 0.25) is 0 Å². The summed E-state index contributed by atoms with van der Waals surface area (Å²) in [6.07, 6.45) is 3.67. The van der Waals surface area contributed by atoms with Crippen molar-refractivity contribution in [2.24, 2.45) is 0 Å². The third-order valence-electron chi connectivity index (χ3n) is 5.59. The SMILES string of the molecule is COc1ccc(C(=O)N2CCN(c3ccc(CN(C)C)cn3)CC2)cc1-c1ccccn1. The minimum Gasteiger partial charge on any atom is -0.496 e. The molecule has 32 heavy (non-hydrogen) atoms. The number of anilines is 1. The maximum Gasteiger partial charge on any atom is 0.254 e. The van der Waals surface area contributed by atoms with E-state index in [9.17, 15) is 4.79 Å². The van der Waals surface area contributed by atoms with E-state index in [-0.39, 0.29) is 5.91 Å². The van der Waals surface area contributed by atoms with E-state index < -0.39 is 0 Å². The molecule has 0 bridgehead atoms. The first kappa shape index (κ1) is 21.8. The molecule has 0 N–H and O–H groups in total. The number of amides is 1. The lowest BCUT2D eigenvalue weighted by atomic mass is 10.0. The Hall–Kier alpha value is -3.45. The van der Waals surface area contributed by atoms with Gasteiger partial charge in [0.05, 0.1) is 12.8 Å². The number of methoxy groups -OCH3 is 1. The van der Waals surface area contributed by atoms with Crippen molar-refractivity contribution in [1.29, 1.82) is 0 Å². The van der Waals surface area contributed by atoms with Crippen LogP contribution in [-0.4, -0.2) is 73.1 Å². The molecule has 4 rings (SSSR count). The predicted molar refractivity (Wildman–Crippen MR) is 126 cm³/mol. The van der Waals surface area contributed by atoms with Gasteiger partial charge in [-0.1, -0.05) is 12.1 Å². The molecular weight excluding hydrogens is 402 g/mol. The average molecular weight is 432 g/mol. The van der Waals surface area contributed by atoms with Crippen molar-refractivity contribution >= 4 is 11.7 Å². The summed E-state index contributed by atoms with van der Waals surface area (Å²) in [5, 5.41) is 0. The summed E-state index contributed by atoms with van der Waals surface area (Å²) < 4.78 is 5.49. The Bertz CT molecular complexity index is 1050. The van der Waals surface area contributed by atoms with Crippen molar-refractivity contribution in [1.82, 2.24) is 19.8 Å². The molecule has 1 aliphatic rings. The second-order valence-electron chi connectivity index (χ2n) is 8.17. The molecule has 1 saturated heterocycles. The molecule has 1 fully saturated rings. The zero-order valence-corrected chi connectivity index (χ0v) is 18.9. The zero-order valence-electron chi connectivity index (χ0n) is 18.9. The highest BCUT2D eigenvalue weighted by Gasteiger charge is 2.24. The normalized spacial score (nSPS) is 14.0. The first-order valence-electron chi connectivity index (χ1n) is 10.8. The van der Waals surface area contributed by atoms with Crippen LogP contribution in [0, 0.1) is 0 Å². The van der Waals surface area contributed by atoms with Crippen LogP contribution < -0.4 is 9.64 Å². The van der Waals surface area contributed by atoms with E-state index in [2.05, 4.69) is 31.9 Å². The van der Waals surface area contributed by atoms with Crippen molar-refractivity contribution < 1.29 is 9.53 Å². The van der Waals surface area contributed by atoms with Gasteiger partial charge in [-0.25, -0.2) is 4.98 Å². The monoisotopic (exact) mass is 431 g/mol. The summed E-state index contributed by atoms with van der Waals surface area (Å²) in [5.74, 6) is 1.69. The molecule has 2 aromatic heterocycles. The molecule has 1 aromatic carbocycles. The van der Waals surface area contributed by atoms with Crippen molar-refractivity contribution in [3.8, 4) is 17.0 Å². The van der Waals surface area contributed by atoms with Gasteiger partial charge in [0.15, 0.2) is 0 Å². The first-order valence-corrected chi connectivity index (χ1v) is 10.8. The van der Waals surface area contributed by atoms with Crippen LogP contribution in [0.2, 0.25) is 0 Å². The van der Waals surface area contributed by atoms with Crippen LogP contribution in [0.3, 0.4) is 0 Å². The molecule has 3 heterocycles. The summed E-state index contributed by atoms with van der Waals surface area (Å²) in [7, 11) is 5.72. The standard InChI is InChI=1S/C25H29N5O2/c1-28(2)18-19-7-10-24(27-17-19)29-12-14-30(15-13-29)25(31)20-8-9-23(32-3)21(16-20)22-6-4-5-11-26-22/h4-11,16-17H,12-15,18H2,1-3H3. The van der Waals surface area contributed by atoms with Crippen LogP contribution in [0.4, 0.5) is 5.82 Å². The lowest BCUT2D eigenvalue weighted by Crippen LogP contribution is -2.49. The summed E-state index contributed by atoms with van der Waals surface area (Å²) in [4.78, 5) is 28.5. The van der Waals surface area contributed by atoms with Crippen LogP contribution in [0.25, 0.3) is 11.3 Å². The number of benzene rings is 1. The second kappa shape index (κ2) is 9.78. The number of hydrogen-bond donors (Lipinski definition) is 0. The number of carbonyl (C=O) groups excluding carboxylic acids is 1.